The van der Waals surface area contributed by atoms with Gasteiger partial charge in [-0.15, -0.1) is 0 Å². The van der Waals surface area contributed by atoms with Crippen LogP contribution < -0.4 is 5.32 Å². The largest absolute Gasteiger partial charge is 0.383 e. The van der Waals surface area contributed by atoms with E-state index in [0.29, 0.717) is 13.2 Å². The zero-order valence-electron chi connectivity index (χ0n) is 13.7. The third kappa shape index (κ3) is 3.65. The molecule has 1 N–H and O–H groups in total. The van der Waals surface area contributed by atoms with E-state index in [-0.39, 0.29) is 30.2 Å². The fourth-order valence-corrected chi connectivity index (χ4v) is 2.73. The number of carbonyl (C=O) groups excluding carboxylic acids is 2. The van der Waals surface area contributed by atoms with Crippen molar-refractivity contribution in [2.75, 3.05) is 25.6 Å². The molecule has 2 atom stereocenters. The summed E-state index contributed by atoms with van der Waals surface area (Å²) in [6.07, 6.45) is 0.269. The summed E-state index contributed by atoms with van der Waals surface area (Å²) in [5.41, 5.74) is 3.10. The average Bonchev–Trinajstić information content (AvgIpc) is 2.85. The molecule has 1 fully saturated rings. The summed E-state index contributed by atoms with van der Waals surface area (Å²) in [4.78, 5) is 26.1. The second-order valence-corrected chi connectivity index (χ2v) is 6.04. The average molecular weight is 304 g/mol. The first-order valence-electron chi connectivity index (χ1n) is 7.59. The number of anilines is 1. The Kier molecular flexibility index (Phi) is 5.19. The van der Waals surface area contributed by atoms with Crippen LogP contribution >= 0.6 is 0 Å². The lowest BCUT2D eigenvalue weighted by atomic mass is 10.1. The normalized spacial score (nSPS) is 19.4. The molecular formula is C17H24N2O3. The van der Waals surface area contributed by atoms with Crippen LogP contribution in [-0.2, 0) is 14.3 Å². The van der Waals surface area contributed by atoms with Crippen LogP contribution in [0.15, 0.2) is 18.2 Å². The van der Waals surface area contributed by atoms with Gasteiger partial charge in [0.2, 0.25) is 11.8 Å². The molecule has 0 aromatic heterocycles. The van der Waals surface area contributed by atoms with E-state index in [9.17, 15) is 9.59 Å². The fraction of sp³-hybridized carbons (Fsp3) is 0.529. The number of hydrogen-bond donors (Lipinski definition) is 1. The molecule has 1 aromatic carbocycles. The van der Waals surface area contributed by atoms with Gasteiger partial charge in [0.15, 0.2) is 0 Å². The lowest BCUT2D eigenvalue weighted by Crippen LogP contribution is -2.38. The highest BCUT2D eigenvalue weighted by Crippen LogP contribution is 2.22. The molecule has 1 heterocycles. The predicted molar refractivity (Wildman–Crippen MR) is 85.7 cm³/mol. The number of methoxy groups -OCH3 is 1. The van der Waals surface area contributed by atoms with Gasteiger partial charge in [-0.2, -0.15) is 0 Å². The Labute approximate surface area is 131 Å². The van der Waals surface area contributed by atoms with E-state index in [1.807, 2.05) is 39.0 Å². The highest BCUT2D eigenvalue weighted by Gasteiger charge is 2.36. The number of aryl methyl sites for hydroxylation is 2. The summed E-state index contributed by atoms with van der Waals surface area (Å²) >= 11 is 0. The highest BCUT2D eigenvalue weighted by atomic mass is 16.5. The number of carbonyl (C=O) groups is 2. The number of hydrogen-bond acceptors (Lipinski definition) is 3. The SMILES string of the molecule is COC[C@H](C)N1C[C@@H](C(=O)Nc2ccc(C)c(C)c2)CC1=O. The number of nitrogens with zero attached hydrogens (tertiary/aromatic N) is 1. The fourth-order valence-electron chi connectivity index (χ4n) is 2.73. The lowest BCUT2D eigenvalue weighted by molar-refractivity contribution is -0.130. The van der Waals surface area contributed by atoms with Crippen molar-refractivity contribution in [3.8, 4) is 0 Å². The van der Waals surface area contributed by atoms with Gasteiger partial charge in [-0.05, 0) is 44.0 Å². The Balaban J connectivity index is 1.99. The first-order chi connectivity index (χ1) is 10.4. The van der Waals surface area contributed by atoms with Crippen LogP contribution in [0.4, 0.5) is 5.69 Å². The standard InChI is InChI=1S/C17H24N2O3/c1-11-5-6-15(7-12(11)2)18-17(21)14-8-16(20)19(9-14)13(3)10-22-4/h5-7,13-14H,8-10H2,1-4H3,(H,18,21)/t13-,14-/m0/s1. The van der Waals surface area contributed by atoms with E-state index in [0.717, 1.165) is 11.3 Å². The molecule has 0 radical (unpaired) electrons. The molecule has 0 saturated carbocycles. The van der Waals surface area contributed by atoms with Crippen molar-refractivity contribution in [2.45, 2.75) is 33.2 Å². The molecule has 5 nitrogen and oxygen atoms in total. The van der Waals surface area contributed by atoms with Crippen LogP contribution in [0.25, 0.3) is 0 Å². The first kappa shape index (κ1) is 16.5. The summed E-state index contributed by atoms with van der Waals surface area (Å²) in [6, 6.07) is 5.83. The van der Waals surface area contributed by atoms with Crippen LogP contribution in [0.1, 0.15) is 24.5 Å². The molecule has 120 valence electrons. The van der Waals surface area contributed by atoms with Gasteiger partial charge in [0, 0.05) is 25.8 Å². The molecule has 1 aliphatic rings. The Morgan fingerprint density at radius 3 is 2.77 bits per heavy atom. The molecule has 1 aliphatic heterocycles. The molecule has 5 heteroatoms. The smallest absolute Gasteiger partial charge is 0.229 e. The Morgan fingerprint density at radius 1 is 1.41 bits per heavy atom. The van der Waals surface area contributed by atoms with Gasteiger partial charge in [-0.3, -0.25) is 9.59 Å². The maximum Gasteiger partial charge on any atom is 0.229 e. The van der Waals surface area contributed by atoms with Crippen molar-refractivity contribution in [1.29, 1.82) is 0 Å². The maximum atomic E-state index is 12.4. The Hall–Kier alpha value is -1.88. The molecule has 1 saturated heterocycles. The summed E-state index contributed by atoms with van der Waals surface area (Å²) in [5.74, 6) is -0.373. The quantitative estimate of drug-likeness (QED) is 0.906. The van der Waals surface area contributed by atoms with Crippen LogP contribution in [0.2, 0.25) is 0 Å². The van der Waals surface area contributed by atoms with Crippen molar-refractivity contribution < 1.29 is 14.3 Å². The zero-order chi connectivity index (χ0) is 16.3. The minimum absolute atomic E-state index is 0.00285. The minimum atomic E-state index is -0.298. The number of rotatable bonds is 5. The third-order valence-electron chi connectivity index (χ3n) is 4.24. The van der Waals surface area contributed by atoms with E-state index >= 15 is 0 Å². The highest BCUT2D eigenvalue weighted by molar-refractivity contribution is 5.97. The van der Waals surface area contributed by atoms with E-state index in [1.54, 1.807) is 12.0 Å². The van der Waals surface area contributed by atoms with Gasteiger partial charge in [0.05, 0.1) is 18.6 Å². The second kappa shape index (κ2) is 6.92. The van der Waals surface area contributed by atoms with E-state index in [1.165, 1.54) is 5.56 Å². The zero-order valence-corrected chi connectivity index (χ0v) is 13.7. The van der Waals surface area contributed by atoms with E-state index in [4.69, 9.17) is 4.74 Å². The van der Waals surface area contributed by atoms with Gasteiger partial charge in [0.1, 0.15) is 0 Å². The molecule has 0 aliphatic carbocycles. The van der Waals surface area contributed by atoms with Crippen molar-refractivity contribution in [1.82, 2.24) is 4.90 Å². The van der Waals surface area contributed by atoms with Crippen molar-refractivity contribution >= 4 is 17.5 Å². The topological polar surface area (TPSA) is 58.6 Å². The first-order valence-corrected chi connectivity index (χ1v) is 7.59. The van der Waals surface area contributed by atoms with Crippen LogP contribution in [0.5, 0.6) is 0 Å². The molecular weight excluding hydrogens is 280 g/mol. The lowest BCUT2D eigenvalue weighted by Gasteiger charge is -2.23. The Bertz CT molecular complexity index is 571. The maximum absolute atomic E-state index is 12.4. The molecule has 0 spiro atoms. The van der Waals surface area contributed by atoms with Crippen molar-refractivity contribution in [2.24, 2.45) is 5.92 Å². The molecule has 0 unspecified atom stereocenters. The van der Waals surface area contributed by atoms with Gasteiger partial charge in [-0.25, -0.2) is 0 Å². The molecule has 22 heavy (non-hydrogen) atoms. The molecule has 1 aromatic rings. The number of nitrogens with one attached hydrogen (secondary N) is 1. The van der Waals surface area contributed by atoms with E-state index < -0.39 is 0 Å². The summed E-state index contributed by atoms with van der Waals surface area (Å²) in [6.45, 7) is 6.92. The minimum Gasteiger partial charge on any atom is -0.383 e. The third-order valence-corrected chi connectivity index (χ3v) is 4.24. The van der Waals surface area contributed by atoms with Gasteiger partial charge >= 0.3 is 0 Å². The number of benzene rings is 1. The summed E-state index contributed by atoms with van der Waals surface area (Å²) < 4.78 is 5.09. The molecule has 2 rings (SSSR count). The van der Waals surface area contributed by atoms with E-state index in [2.05, 4.69) is 5.32 Å². The monoisotopic (exact) mass is 304 g/mol. The molecule has 0 bridgehead atoms. The van der Waals surface area contributed by atoms with Gasteiger partial charge < -0.3 is 15.0 Å². The number of ether oxygens (including phenoxy) is 1. The van der Waals surface area contributed by atoms with Gasteiger partial charge in [0.25, 0.3) is 0 Å². The Morgan fingerprint density at radius 2 is 2.14 bits per heavy atom. The summed E-state index contributed by atoms with van der Waals surface area (Å²) in [5, 5.41) is 2.91. The van der Waals surface area contributed by atoms with Crippen LogP contribution in [0, 0.1) is 19.8 Å². The second-order valence-electron chi connectivity index (χ2n) is 6.04. The molecule has 2 amide bonds. The van der Waals surface area contributed by atoms with Crippen molar-refractivity contribution in [3.63, 3.8) is 0 Å². The predicted octanol–water partition coefficient (Wildman–Crippen LogP) is 2.13. The van der Waals surface area contributed by atoms with Crippen LogP contribution in [0.3, 0.4) is 0 Å². The van der Waals surface area contributed by atoms with Gasteiger partial charge in [-0.1, -0.05) is 6.07 Å². The number of amides is 2. The summed E-state index contributed by atoms with van der Waals surface area (Å²) in [7, 11) is 1.61. The number of likely N-dealkylation sites (tertiary alicyclic amines) is 1. The van der Waals surface area contributed by atoms with Crippen LogP contribution in [-0.4, -0.2) is 43.0 Å². The van der Waals surface area contributed by atoms with Crippen molar-refractivity contribution in [3.05, 3.63) is 29.3 Å².